The van der Waals surface area contributed by atoms with Gasteiger partial charge in [0, 0.05) is 12.6 Å². The Hall–Kier alpha value is -1.98. The summed E-state index contributed by atoms with van der Waals surface area (Å²) in [6.07, 6.45) is 1.31. The molecule has 1 amide bonds. The lowest BCUT2D eigenvalue weighted by Crippen LogP contribution is -2.29. The number of halogens is 1. The lowest BCUT2D eigenvalue weighted by molar-refractivity contribution is -0.116. The minimum absolute atomic E-state index is 0.0808. The number of Topliss-reactive ketones (excluding diaryl/α,β-unsaturated/α-hetero) is 1. The molecule has 0 aliphatic carbocycles. The van der Waals surface area contributed by atoms with Crippen molar-refractivity contribution in [1.82, 2.24) is 9.88 Å². The van der Waals surface area contributed by atoms with Gasteiger partial charge in [0.25, 0.3) is 0 Å². The van der Waals surface area contributed by atoms with E-state index in [1.54, 1.807) is 0 Å². The maximum atomic E-state index is 12.9. The molecule has 5 nitrogen and oxygen atoms in total. The van der Waals surface area contributed by atoms with Crippen molar-refractivity contribution in [1.29, 1.82) is 0 Å². The fourth-order valence-corrected chi connectivity index (χ4v) is 1.80. The number of rotatable bonds is 1. The number of carboxylic acid groups (broad SMARTS) is 1. The zero-order valence-corrected chi connectivity index (χ0v) is 8.26. The Kier molecular flexibility index (Phi) is 2.55. The summed E-state index contributed by atoms with van der Waals surface area (Å²) >= 11 is 0. The highest BCUT2D eigenvalue weighted by atomic mass is 19.1. The summed E-state index contributed by atoms with van der Waals surface area (Å²) in [5.41, 5.74) is 0.410. The predicted molar refractivity (Wildman–Crippen MR) is 51.3 cm³/mol. The molecule has 1 saturated heterocycles. The summed E-state index contributed by atoms with van der Waals surface area (Å²) in [7, 11) is 0. The molecule has 1 N–H and O–H groups in total. The van der Waals surface area contributed by atoms with Gasteiger partial charge in [0.2, 0.25) is 0 Å². The monoisotopic (exact) mass is 224 g/mol. The van der Waals surface area contributed by atoms with Crippen molar-refractivity contribution in [2.24, 2.45) is 0 Å². The highest BCUT2D eigenvalue weighted by Crippen LogP contribution is 2.29. The summed E-state index contributed by atoms with van der Waals surface area (Å²) in [4.78, 5) is 26.7. The molecule has 1 aliphatic rings. The van der Waals surface area contributed by atoms with Crippen molar-refractivity contribution in [2.45, 2.75) is 12.5 Å². The first-order valence-corrected chi connectivity index (χ1v) is 4.69. The van der Waals surface area contributed by atoms with Gasteiger partial charge in [-0.15, -0.1) is 0 Å². The molecule has 0 saturated carbocycles. The predicted octanol–water partition coefficient (Wildman–Crippen LogP) is 1.21. The molecule has 16 heavy (non-hydrogen) atoms. The molecule has 0 radical (unpaired) electrons. The van der Waals surface area contributed by atoms with Gasteiger partial charge in [-0.2, -0.15) is 0 Å². The summed E-state index contributed by atoms with van der Waals surface area (Å²) < 4.78 is 12.9. The van der Waals surface area contributed by atoms with Gasteiger partial charge in [0.15, 0.2) is 5.78 Å². The van der Waals surface area contributed by atoms with Gasteiger partial charge in [-0.25, -0.2) is 9.18 Å². The molecule has 1 aromatic rings. The van der Waals surface area contributed by atoms with Crippen molar-refractivity contribution in [3.05, 3.63) is 29.8 Å². The van der Waals surface area contributed by atoms with E-state index in [1.807, 2.05) is 0 Å². The summed E-state index contributed by atoms with van der Waals surface area (Å²) in [5.74, 6) is -0.709. The van der Waals surface area contributed by atoms with Gasteiger partial charge in [-0.1, -0.05) is 0 Å². The first kappa shape index (κ1) is 10.5. The SMILES string of the molecule is O=C1C[C@H](c2cncc(F)c2)N(C(=O)O)C1. The third-order valence-corrected chi connectivity index (χ3v) is 2.50. The van der Waals surface area contributed by atoms with Gasteiger partial charge in [-0.05, 0) is 11.6 Å². The van der Waals surface area contributed by atoms with E-state index in [0.29, 0.717) is 5.56 Å². The number of pyridine rings is 1. The van der Waals surface area contributed by atoms with Gasteiger partial charge in [0.1, 0.15) is 5.82 Å². The van der Waals surface area contributed by atoms with Crippen LogP contribution in [-0.4, -0.2) is 33.4 Å². The normalized spacial score (nSPS) is 20.2. The van der Waals surface area contributed by atoms with Crippen molar-refractivity contribution >= 4 is 11.9 Å². The van der Waals surface area contributed by atoms with Gasteiger partial charge in [-0.3, -0.25) is 14.7 Å². The average molecular weight is 224 g/mol. The number of aromatic nitrogens is 1. The molecule has 1 aliphatic heterocycles. The fourth-order valence-electron chi connectivity index (χ4n) is 1.80. The van der Waals surface area contributed by atoms with Crippen LogP contribution in [0.4, 0.5) is 9.18 Å². The molecule has 0 aromatic carbocycles. The van der Waals surface area contributed by atoms with Crippen LogP contribution in [0.3, 0.4) is 0 Å². The van der Waals surface area contributed by atoms with Crippen LogP contribution in [0.25, 0.3) is 0 Å². The fraction of sp³-hybridized carbons (Fsp3) is 0.300. The Labute approximate surface area is 90.5 Å². The number of likely N-dealkylation sites (tertiary alicyclic amines) is 1. The van der Waals surface area contributed by atoms with Crippen LogP contribution in [0.1, 0.15) is 18.0 Å². The van der Waals surface area contributed by atoms with Crippen molar-refractivity contribution in [2.75, 3.05) is 6.54 Å². The minimum atomic E-state index is -1.18. The number of carbonyl (C=O) groups is 2. The molecule has 0 spiro atoms. The molecule has 0 unspecified atom stereocenters. The smallest absolute Gasteiger partial charge is 0.408 e. The quantitative estimate of drug-likeness (QED) is 0.778. The van der Waals surface area contributed by atoms with E-state index in [4.69, 9.17) is 5.11 Å². The molecule has 1 aromatic heterocycles. The van der Waals surface area contributed by atoms with E-state index in [2.05, 4.69) is 4.98 Å². The van der Waals surface area contributed by atoms with E-state index in [1.165, 1.54) is 12.3 Å². The molecule has 0 bridgehead atoms. The molecule has 84 valence electrons. The molecule has 1 fully saturated rings. The molecule has 1 atom stereocenters. The summed E-state index contributed by atoms with van der Waals surface area (Å²) in [5, 5.41) is 8.89. The van der Waals surface area contributed by atoms with E-state index < -0.39 is 18.0 Å². The first-order valence-electron chi connectivity index (χ1n) is 4.69. The standard InChI is InChI=1S/C10H9FN2O3/c11-7-1-6(3-12-4-7)9-2-8(14)5-13(9)10(15)16/h1,3-4,9H,2,5H2,(H,15,16)/t9-/m1/s1. The van der Waals surface area contributed by atoms with E-state index in [9.17, 15) is 14.0 Å². The average Bonchev–Trinajstić information content (AvgIpc) is 2.60. The second-order valence-corrected chi connectivity index (χ2v) is 3.61. The largest absolute Gasteiger partial charge is 0.465 e. The second kappa shape index (κ2) is 3.88. The summed E-state index contributed by atoms with van der Waals surface area (Å²) in [6.45, 7) is -0.142. The topological polar surface area (TPSA) is 70.5 Å². The lowest BCUT2D eigenvalue weighted by atomic mass is 10.1. The van der Waals surface area contributed by atoms with Crippen molar-refractivity contribution < 1.29 is 19.1 Å². The van der Waals surface area contributed by atoms with Crippen LogP contribution in [0, 0.1) is 5.82 Å². The number of ketones is 1. The van der Waals surface area contributed by atoms with E-state index >= 15 is 0 Å². The minimum Gasteiger partial charge on any atom is -0.465 e. The second-order valence-electron chi connectivity index (χ2n) is 3.61. The van der Waals surface area contributed by atoms with Crippen molar-refractivity contribution in [3.8, 4) is 0 Å². The Morgan fingerprint density at radius 1 is 1.56 bits per heavy atom. The van der Waals surface area contributed by atoms with Crippen LogP contribution in [0.2, 0.25) is 0 Å². The van der Waals surface area contributed by atoms with E-state index in [-0.39, 0.29) is 18.7 Å². The number of hydrogen-bond acceptors (Lipinski definition) is 3. The van der Waals surface area contributed by atoms with Crippen LogP contribution in [-0.2, 0) is 4.79 Å². The number of carbonyl (C=O) groups excluding carboxylic acids is 1. The zero-order valence-electron chi connectivity index (χ0n) is 8.26. The molecule has 2 rings (SSSR count). The zero-order chi connectivity index (χ0) is 11.7. The van der Waals surface area contributed by atoms with Gasteiger partial charge >= 0.3 is 6.09 Å². The molecular formula is C10H9FN2O3. The Morgan fingerprint density at radius 2 is 2.31 bits per heavy atom. The molecular weight excluding hydrogens is 215 g/mol. The number of amides is 1. The Morgan fingerprint density at radius 3 is 2.94 bits per heavy atom. The lowest BCUT2D eigenvalue weighted by Gasteiger charge is -2.20. The third-order valence-electron chi connectivity index (χ3n) is 2.50. The highest BCUT2D eigenvalue weighted by molar-refractivity contribution is 5.88. The van der Waals surface area contributed by atoms with Crippen LogP contribution < -0.4 is 0 Å². The van der Waals surface area contributed by atoms with E-state index in [0.717, 1.165) is 11.1 Å². The highest BCUT2D eigenvalue weighted by Gasteiger charge is 2.35. The Balaban J connectivity index is 2.32. The van der Waals surface area contributed by atoms with Crippen LogP contribution in [0.15, 0.2) is 18.5 Å². The number of nitrogens with zero attached hydrogens (tertiary/aromatic N) is 2. The maximum absolute atomic E-state index is 12.9. The summed E-state index contributed by atoms with van der Waals surface area (Å²) in [6, 6.07) is 0.583. The molecule has 6 heteroatoms. The maximum Gasteiger partial charge on any atom is 0.408 e. The van der Waals surface area contributed by atoms with Crippen LogP contribution in [0.5, 0.6) is 0 Å². The van der Waals surface area contributed by atoms with Gasteiger partial charge < -0.3 is 5.11 Å². The molecule has 2 heterocycles. The van der Waals surface area contributed by atoms with Gasteiger partial charge in [0.05, 0.1) is 18.8 Å². The third kappa shape index (κ3) is 1.86. The van der Waals surface area contributed by atoms with Crippen molar-refractivity contribution in [3.63, 3.8) is 0 Å². The Bertz CT molecular complexity index is 449. The van der Waals surface area contributed by atoms with Crippen LogP contribution >= 0.6 is 0 Å². The number of hydrogen-bond donors (Lipinski definition) is 1. The first-order chi connectivity index (χ1) is 7.58.